The van der Waals surface area contributed by atoms with Crippen molar-refractivity contribution in [2.24, 2.45) is 0 Å². The highest BCUT2D eigenvalue weighted by molar-refractivity contribution is 7.21. The van der Waals surface area contributed by atoms with Gasteiger partial charge in [-0.1, -0.05) is 72.0 Å². The second kappa shape index (κ2) is 8.00. The van der Waals surface area contributed by atoms with E-state index in [0.29, 0.717) is 27.8 Å². The molecule has 1 amide bonds. The molecule has 0 atom stereocenters. The van der Waals surface area contributed by atoms with Crippen molar-refractivity contribution in [1.29, 1.82) is 0 Å². The molecule has 0 bridgehead atoms. The summed E-state index contributed by atoms with van der Waals surface area (Å²) < 4.78 is 6.82. The third-order valence-corrected chi connectivity index (χ3v) is 5.65. The average molecular weight is 428 g/mol. The highest BCUT2D eigenvalue weighted by Crippen LogP contribution is 2.35. The van der Waals surface area contributed by atoms with Gasteiger partial charge in [0.15, 0.2) is 5.76 Å². The predicted octanol–water partition coefficient (Wildman–Crippen LogP) is 4.25. The van der Waals surface area contributed by atoms with E-state index in [9.17, 15) is 9.59 Å². The van der Waals surface area contributed by atoms with Gasteiger partial charge in [0.1, 0.15) is 16.4 Å². The van der Waals surface area contributed by atoms with Crippen LogP contribution < -0.4 is 10.9 Å². The molecule has 2 aromatic carbocycles. The van der Waals surface area contributed by atoms with Gasteiger partial charge >= 0.3 is 0 Å². The Balaban J connectivity index is 1.64. The molecule has 5 aromatic rings. The number of carbonyl (C=O) groups excluding carboxylic acids is 1. The van der Waals surface area contributed by atoms with Crippen LogP contribution in [0.1, 0.15) is 21.8 Å². The molecule has 3 heterocycles. The van der Waals surface area contributed by atoms with E-state index >= 15 is 0 Å². The first-order valence-electron chi connectivity index (χ1n) is 9.56. The van der Waals surface area contributed by atoms with Gasteiger partial charge < -0.3 is 9.73 Å². The van der Waals surface area contributed by atoms with E-state index in [1.165, 1.54) is 17.6 Å². The molecule has 0 aliphatic heterocycles. The molecule has 0 aliphatic carbocycles. The molecule has 3 aromatic heterocycles. The molecule has 5 rings (SSSR count). The number of benzene rings is 2. The van der Waals surface area contributed by atoms with E-state index in [1.54, 1.807) is 16.6 Å². The van der Waals surface area contributed by atoms with Crippen LogP contribution in [0.3, 0.4) is 0 Å². The van der Waals surface area contributed by atoms with Gasteiger partial charge in [0.25, 0.3) is 11.5 Å². The van der Waals surface area contributed by atoms with Crippen molar-refractivity contribution in [2.75, 3.05) is 5.32 Å². The zero-order chi connectivity index (χ0) is 21.2. The number of amides is 1. The Kier molecular flexibility index (Phi) is 4.89. The number of nitrogens with zero attached hydrogens (tertiary/aromatic N) is 3. The van der Waals surface area contributed by atoms with E-state index in [1.807, 2.05) is 60.7 Å². The van der Waals surface area contributed by atoms with Crippen LogP contribution in [-0.2, 0) is 6.42 Å². The first kappa shape index (κ1) is 19.0. The molecule has 8 heteroatoms. The number of furan rings is 1. The second-order valence-electron chi connectivity index (χ2n) is 6.80. The zero-order valence-corrected chi connectivity index (χ0v) is 17.0. The molecule has 0 fully saturated rings. The minimum absolute atomic E-state index is 0.191. The number of nitrogens with one attached hydrogen (secondary N) is 1. The number of anilines is 1. The monoisotopic (exact) mass is 428 g/mol. The van der Waals surface area contributed by atoms with Crippen molar-refractivity contribution in [2.45, 2.75) is 6.42 Å². The molecule has 0 saturated carbocycles. The maximum Gasteiger partial charge on any atom is 0.296 e. The number of aromatic nitrogens is 3. The summed E-state index contributed by atoms with van der Waals surface area (Å²) in [6.07, 6.45) is 1.81. The van der Waals surface area contributed by atoms with Crippen LogP contribution in [0.15, 0.2) is 88.3 Å². The summed E-state index contributed by atoms with van der Waals surface area (Å²) in [6.45, 7) is 0. The lowest BCUT2D eigenvalue weighted by molar-refractivity contribution is 0.0997. The fraction of sp³-hybridized carbons (Fsp3) is 0.0435. The topological polar surface area (TPSA) is 89.5 Å². The summed E-state index contributed by atoms with van der Waals surface area (Å²) in [7, 11) is 0. The SMILES string of the molecule is O=C(Nc1sc2nc(=O)c(Cc3ccccc3)nn2c1-c1ccccc1)c1ccco1. The maximum absolute atomic E-state index is 12.6. The molecular formula is C23H16N4O3S. The molecule has 0 spiro atoms. The van der Waals surface area contributed by atoms with Crippen molar-refractivity contribution in [3.8, 4) is 11.3 Å². The van der Waals surface area contributed by atoms with Gasteiger partial charge in [0, 0.05) is 12.0 Å². The van der Waals surface area contributed by atoms with Crippen molar-refractivity contribution in [3.63, 3.8) is 0 Å². The highest BCUT2D eigenvalue weighted by Gasteiger charge is 2.21. The molecule has 7 nitrogen and oxygen atoms in total. The number of fused-ring (bicyclic) bond motifs is 1. The molecule has 0 radical (unpaired) electrons. The molecule has 0 aliphatic rings. The number of hydrogen-bond acceptors (Lipinski definition) is 6. The van der Waals surface area contributed by atoms with Crippen LogP contribution in [0.2, 0.25) is 0 Å². The van der Waals surface area contributed by atoms with Crippen LogP contribution in [0, 0.1) is 0 Å². The Morgan fingerprint density at radius 2 is 1.74 bits per heavy atom. The van der Waals surface area contributed by atoms with Crippen LogP contribution in [0.25, 0.3) is 16.2 Å². The van der Waals surface area contributed by atoms with Gasteiger partial charge in [-0.3, -0.25) is 9.59 Å². The Bertz CT molecular complexity index is 1410. The highest BCUT2D eigenvalue weighted by atomic mass is 32.1. The Labute approximate surface area is 180 Å². The van der Waals surface area contributed by atoms with Gasteiger partial charge in [-0.05, 0) is 17.7 Å². The fourth-order valence-electron chi connectivity index (χ4n) is 3.26. The third kappa shape index (κ3) is 3.76. The number of hydrogen-bond donors (Lipinski definition) is 1. The summed E-state index contributed by atoms with van der Waals surface area (Å²) in [5.74, 6) is -0.196. The van der Waals surface area contributed by atoms with E-state index in [0.717, 1.165) is 11.1 Å². The van der Waals surface area contributed by atoms with E-state index < -0.39 is 0 Å². The summed E-state index contributed by atoms with van der Waals surface area (Å²) in [6, 6.07) is 22.4. The smallest absolute Gasteiger partial charge is 0.296 e. The molecule has 1 N–H and O–H groups in total. The maximum atomic E-state index is 12.6. The zero-order valence-electron chi connectivity index (χ0n) is 16.2. The number of rotatable bonds is 5. The molecular weight excluding hydrogens is 412 g/mol. The van der Waals surface area contributed by atoms with Crippen LogP contribution in [0.5, 0.6) is 0 Å². The van der Waals surface area contributed by atoms with E-state index in [-0.39, 0.29) is 17.2 Å². The Hall–Kier alpha value is -4.04. The van der Waals surface area contributed by atoms with Crippen molar-refractivity contribution < 1.29 is 9.21 Å². The lowest BCUT2D eigenvalue weighted by atomic mass is 10.1. The van der Waals surface area contributed by atoms with Crippen LogP contribution >= 0.6 is 11.3 Å². The molecule has 0 unspecified atom stereocenters. The normalized spacial score (nSPS) is 11.0. The minimum atomic E-state index is -0.388. The number of carbonyl (C=O) groups is 1. The summed E-state index contributed by atoms with van der Waals surface area (Å²) >= 11 is 1.19. The summed E-state index contributed by atoms with van der Waals surface area (Å²) in [5, 5.41) is 8.02. The van der Waals surface area contributed by atoms with Crippen LogP contribution in [0.4, 0.5) is 5.00 Å². The van der Waals surface area contributed by atoms with Crippen molar-refractivity contribution in [3.05, 3.63) is 106 Å². The van der Waals surface area contributed by atoms with Crippen molar-refractivity contribution in [1.82, 2.24) is 14.6 Å². The fourth-order valence-corrected chi connectivity index (χ4v) is 4.23. The third-order valence-electron chi connectivity index (χ3n) is 4.70. The lowest BCUT2D eigenvalue weighted by Gasteiger charge is -2.07. The van der Waals surface area contributed by atoms with Gasteiger partial charge in [-0.25, -0.2) is 4.52 Å². The largest absolute Gasteiger partial charge is 0.459 e. The van der Waals surface area contributed by atoms with Gasteiger partial charge in [0.2, 0.25) is 4.96 Å². The number of thiazole rings is 1. The molecule has 152 valence electrons. The van der Waals surface area contributed by atoms with Crippen LogP contribution in [-0.4, -0.2) is 20.5 Å². The predicted molar refractivity (Wildman–Crippen MR) is 118 cm³/mol. The first-order valence-corrected chi connectivity index (χ1v) is 10.4. The second-order valence-corrected chi connectivity index (χ2v) is 7.78. The Morgan fingerprint density at radius 3 is 2.45 bits per heavy atom. The van der Waals surface area contributed by atoms with E-state index in [4.69, 9.17) is 4.42 Å². The summed E-state index contributed by atoms with van der Waals surface area (Å²) in [4.78, 5) is 29.9. The molecule has 0 saturated heterocycles. The van der Waals surface area contributed by atoms with Gasteiger partial charge in [-0.15, -0.1) is 0 Å². The average Bonchev–Trinajstić information content (AvgIpc) is 3.44. The van der Waals surface area contributed by atoms with Gasteiger partial charge in [-0.2, -0.15) is 10.1 Å². The first-order chi connectivity index (χ1) is 15.2. The van der Waals surface area contributed by atoms with Gasteiger partial charge in [0.05, 0.1) is 6.26 Å². The van der Waals surface area contributed by atoms with E-state index in [2.05, 4.69) is 15.4 Å². The lowest BCUT2D eigenvalue weighted by Crippen LogP contribution is -2.18. The minimum Gasteiger partial charge on any atom is -0.459 e. The standard InChI is InChI=1S/C23H16N4O3S/c28-20-17(14-15-8-3-1-4-9-15)26-27-19(16-10-5-2-6-11-16)22(31-23(27)25-20)24-21(29)18-12-7-13-30-18/h1-13H,14H2,(H,24,29). The molecule has 31 heavy (non-hydrogen) atoms. The quantitative estimate of drug-likeness (QED) is 0.452. The van der Waals surface area contributed by atoms with Crippen molar-refractivity contribution >= 4 is 27.2 Å². The summed E-state index contributed by atoms with van der Waals surface area (Å²) in [5.41, 5.74) is 2.42. The Morgan fingerprint density at radius 1 is 1.00 bits per heavy atom.